The molecular formula is C17H18N2OS. The van der Waals surface area contributed by atoms with E-state index in [1.165, 1.54) is 15.8 Å². The largest absolute Gasteiger partial charge is 0.497 e. The fourth-order valence-electron chi connectivity index (χ4n) is 2.42. The third kappa shape index (κ3) is 3.06. The van der Waals surface area contributed by atoms with Gasteiger partial charge in [-0.25, -0.2) is 4.98 Å². The summed E-state index contributed by atoms with van der Waals surface area (Å²) in [5.41, 5.74) is 3.64. The summed E-state index contributed by atoms with van der Waals surface area (Å²) in [6.45, 7) is 0.831. The van der Waals surface area contributed by atoms with Gasteiger partial charge >= 0.3 is 0 Å². The van der Waals surface area contributed by atoms with Crippen LogP contribution >= 0.6 is 11.3 Å². The number of nitrogens with zero attached hydrogens (tertiary/aromatic N) is 1. The summed E-state index contributed by atoms with van der Waals surface area (Å²) >= 11 is 1.77. The Labute approximate surface area is 128 Å². The van der Waals surface area contributed by atoms with Crippen molar-refractivity contribution in [2.45, 2.75) is 13.0 Å². The normalized spacial score (nSPS) is 11.0. The Bertz CT molecular complexity index is 718. The molecule has 0 bridgehead atoms. The molecule has 3 aromatic rings. The van der Waals surface area contributed by atoms with Crippen molar-refractivity contribution in [1.29, 1.82) is 0 Å². The van der Waals surface area contributed by atoms with E-state index in [0.717, 1.165) is 29.2 Å². The van der Waals surface area contributed by atoms with Gasteiger partial charge in [0.05, 0.1) is 22.3 Å². The van der Waals surface area contributed by atoms with Crippen LogP contribution < -0.4 is 10.1 Å². The van der Waals surface area contributed by atoms with Crippen LogP contribution in [0.4, 0.5) is 0 Å². The van der Waals surface area contributed by atoms with Crippen molar-refractivity contribution in [2.75, 3.05) is 14.2 Å². The van der Waals surface area contributed by atoms with E-state index in [-0.39, 0.29) is 0 Å². The van der Waals surface area contributed by atoms with Crippen molar-refractivity contribution >= 4 is 21.6 Å². The van der Waals surface area contributed by atoms with Gasteiger partial charge in [0, 0.05) is 13.0 Å². The number of fused-ring (bicyclic) bond motifs is 1. The predicted octanol–water partition coefficient (Wildman–Crippen LogP) is 3.62. The molecule has 0 saturated carbocycles. The third-order valence-corrected chi connectivity index (χ3v) is 4.50. The number of rotatable bonds is 5. The predicted molar refractivity (Wildman–Crippen MR) is 88.2 cm³/mol. The Morgan fingerprint density at radius 1 is 1.14 bits per heavy atom. The summed E-state index contributed by atoms with van der Waals surface area (Å²) in [7, 11) is 3.66. The average Bonchev–Trinajstić information content (AvgIpc) is 2.91. The van der Waals surface area contributed by atoms with Gasteiger partial charge in [-0.05, 0) is 42.4 Å². The molecule has 0 amide bonds. The summed E-state index contributed by atoms with van der Waals surface area (Å²) in [5.74, 6) is 0.897. The van der Waals surface area contributed by atoms with Gasteiger partial charge < -0.3 is 10.1 Å². The first-order valence-electron chi connectivity index (χ1n) is 6.95. The molecule has 0 spiro atoms. The van der Waals surface area contributed by atoms with Gasteiger partial charge in [0.1, 0.15) is 5.75 Å². The fourth-order valence-corrected chi connectivity index (χ4v) is 3.41. The molecule has 0 aliphatic rings. The van der Waals surface area contributed by atoms with Crippen molar-refractivity contribution in [3.63, 3.8) is 0 Å². The number of para-hydroxylation sites is 1. The molecule has 1 aromatic heterocycles. The molecule has 3 nitrogen and oxygen atoms in total. The minimum atomic E-state index is 0.831. The second-order valence-corrected chi connectivity index (χ2v) is 6.03. The summed E-state index contributed by atoms with van der Waals surface area (Å²) in [6, 6.07) is 14.5. The molecule has 0 aliphatic heterocycles. The second kappa shape index (κ2) is 6.24. The van der Waals surface area contributed by atoms with E-state index in [4.69, 9.17) is 9.72 Å². The molecule has 0 unspecified atom stereocenters. The van der Waals surface area contributed by atoms with Gasteiger partial charge in [0.25, 0.3) is 0 Å². The van der Waals surface area contributed by atoms with Crippen LogP contribution in [0.15, 0.2) is 42.5 Å². The molecule has 2 aromatic carbocycles. The minimum Gasteiger partial charge on any atom is -0.497 e. The van der Waals surface area contributed by atoms with E-state index in [0.29, 0.717) is 0 Å². The van der Waals surface area contributed by atoms with Crippen LogP contribution in [0.1, 0.15) is 16.1 Å². The van der Waals surface area contributed by atoms with Crippen molar-refractivity contribution in [2.24, 2.45) is 0 Å². The summed E-state index contributed by atoms with van der Waals surface area (Å²) in [5, 5.41) is 4.37. The first kappa shape index (κ1) is 14.0. The molecule has 0 aliphatic carbocycles. The summed E-state index contributed by atoms with van der Waals surface area (Å²) in [4.78, 5) is 4.72. The SMILES string of the molecule is CNCc1cc(OC)ccc1Cc1nc2ccccc2s1. The zero-order valence-electron chi connectivity index (χ0n) is 12.2. The highest BCUT2D eigenvalue weighted by molar-refractivity contribution is 7.18. The van der Waals surface area contributed by atoms with Crippen molar-refractivity contribution in [3.05, 3.63) is 58.6 Å². The lowest BCUT2D eigenvalue weighted by atomic mass is 10.0. The van der Waals surface area contributed by atoms with Crippen LogP contribution in [0.5, 0.6) is 5.75 Å². The number of ether oxygens (including phenoxy) is 1. The Morgan fingerprint density at radius 2 is 2.00 bits per heavy atom. The molecule has 4 heteroatoms. The Kier molecular flexibility index (Phi) is 4.18. The van der Waals surface area contributed by atoms with Crippen LogP contribution in [0, 0.1) is 0 Å². The zero-order chi connectivity index (χ0) is 14.7. The minimum absolute atomic E-state index is 0.831. The molecule has 3 rings (SSSR count). The fraction of sp³-hybridized carbons (Fsp3) is 0.235. The highest BCUT2D eigenvalue weighted by atomic mass is 32.1. The Morgan fingerprint density at radius 3 is 2.76 bits per heavy atom. The smallest absolute Gasteiger partial charge is 0.119 e. The van der Waals surface area contributed by atoms with E-state index >= 15 is 0 Å². The molecule has 108 valence electrons. The second-order valence-electron chi connectivity index (χ2n) is 4.92. The van der Waals surface area contributed by atoms with Crippen molar-refractivity contribution in [3.8, 4) is 5.75 Å². The van der Waals surface area contributed by atoms with Gasteiger partial charge in [-0.15, -0.1) is 11.3 Å². The topological polar surface area (TPSA) is 34.1 Å². The summed E-state index contributed by atoms with van der Waals surface area (Å²) in [6.07, 6.45) is 0.861. The van der Waals surface area contributed by atoms with Gasteiger partial charge in [0.15, 0.2) is 0 Å². The molecule has 0 saturated heterocycles. The average molecular weight is 298 g/mol. The van der Waals surface area contributed by atoms with E-state index in [1.807, 2.05) is 19.2 Å². The highest BCUT2D eigenvalue weighted by Crippen LogP contribution is 2.26. The first-order chi connectivity index (χ1) is 10.3. The lowest BCUT2D eigenvalue weighted by Gasteiger charge is -2.10. The van der Waals surface area contributed by atoms with Crippen LogP contribution in [-0.2, 0) is 13.0 Å². The number of thiazole rings is 1. The number of methoxy groups -OCH3 is 1. The number of nitrogens with one attached hydrogen (secondary N) is 1. The standard InChI is InChI=1S/C17H18N2OS/c1-18-11-13-9-14(20-2)8-7-12(13)10-17-19-15-5-3-4-6-16(15)21-17/h3-9,18H,10-11H2,1-2H3. The van der Waals surface area contributed by atoms with E-state index in [1.54, 1.807) is 18.4 Å². The summed E-state index contributed by atoms with van der Waals surface area (Å²) < 4.78 is 6.56. The van der Waals surface area contributed by atoms with Crippen LogP contribution in [0.25, 0.3) is 10.2 Å². The van der Waals surface area contributed by atoms with Crippen LogP contribution in [0.3, 0.4) is 0 Å². The van der Waals surface area contributed by atoms with Gasteiger partial charge in [-0.2, -0.15) is 0 Å². The Hall–Kier alpha value is -1.91. The first-order valence-corrected chi connectivity index (χ1v) is 7.76. The number of aromatic nitrogens is 1. The molecule has 0 atom stereocenters. The molecule has 1 heterocycles. The maximum Gasteiger partial charge on any atom is 0.119 e. The van der Waals surface area contributed by atoms with E-state index in [2.05, 4.69) is 35.6 Å². The van der Waals surface area contributed by atoms with Crippen LogP contribution in [-0.4, -0.2) is 19.1 Å². The maximum atomic E-state index is 5.31. The molecule has 21 heavy (non-hydrogen) atoms. The van der Waals surface area contributed by atoms with Crippen LogP contribution in [0.2, 0.25) is 0 Å². The third-order valence-electron chi connectivity index (χ3n) is 3.46. The van der Waals surface area contributed by atoms with Gasteiger partial charge in [-0.3, -0.25) is 0 Å². The number of hydrogen-bond donors (Lipinski definition) is 1. The zero-order valence-corrected chi connectivity index (χ0v) is 13.0. The van der Waals surface area contributed by atoms with Gasteiger partial charge in [0.2, 0.25) is 0 Å². The maximum absolute atomic E-state index is 5.31. The number of benzene rings is 2. The van der Waals surface area contributed by atoms with E-state index in [9.17, 15) is 0 Å². The molecule has 1 N–H and O–H groups in total. The van der Waals surface area contributed by atoms with E-state index < -0.39 is 0 Å². The lowest BCUT2D eigenvalue weighted by molar-refractivity contribution is 0.414. The van der Waals surface area contributed by atoms with Crippen molar-refractivity contribution in [1.82, 2.24) is 10.3 Å². The quantitative estimate of drug-likeness (QED) is 0.781. The lowest BCUT2D eigenvalue weighted by Crippen LogP contribution is -2.08. The number of hydrogen-bond acceptors (Lipinski definition) is 4. The highest BCUT2D eigenvalue weighted by Gasteiger charge is 2.09. The monoisotopic (exact) mass is 298 g/mol. The molecule has 0 fully saturated rings. The Balaban J connectivity index is 1.92. The molecule has 0 radical (unpaired) electrons. The van der Waals surface area contributed by atoms with Gasteiger partial charge in [-0.1, -0.05) is 18.2 Å². The van der Waals surface area contributed by atoms with Crippen molar-refractivity contribution < 1.29 is 4.74 Å². The molecular weight excluding hydrogens is 280 g/mol.